The fourth-order valence-corrected chi connectivity index (χ4v) is 1.05. The zero-order valence-corrected chi connectivity index (χ0v) is 8.25. The molecule has 0 saturated carbocycles. The summed E-state index contributed by atoms with van der Waals surface area (Å²) in [6, 6.07) is 4.33. The number of thiocarbonyl (C=S) groups is 1. The van der Waals surface area contributed by atoms with Crippen molar-refractivity contribution in [2.75, 3.05) is 11.9 Å². The van der Waals surface area contributed by atoms with Crippen LogP contribution in [0, 0.1) is 5.82 Å². The molecule has 70 valence electrons. The van der Waals surface area contributed by atoms with Gasteiger partial charge in [-0.1, -0.05) is 23.8 Å². The Morgan fingerprint density at radius 2 is 2.31 bits per heavy atom. The summed E-state index contributed by atoms with van der Waals surface area (Å²) in [5.41, 5.74) is 5.96. The lowest BCUT2D eigenvalue weighted by Gasteiger charge is -2.05. The average molecular weight is 219 g/mol. The first-order chi connectivity index (χ1) is 6.09. The molecule has 0 atom stereocenters. The predicted octanol–water partition coefficient (Wildman–Crippen LogP) is 2.18. The second-order valence-corrected chi connectivity index (χ2v) is 3.38. The Balaban J connectivity index is 2.68. The van der Waals surface area contributed by atoms with E-state index in [2.05, 4.69) is 17.5 Å². The zero-order valence-electron chi connectivity index (χ0n) is 6.68. The molecule has 0 fully saturated rings. The van der Waals surface area contributed by atoms with Crippen LogP contribution < -0.4 is 11.1 Å². The summed E-state index contributed by atoms with van der Waals surface area (Å²) in [7, 11) is 0. The fourth-order valence-electron chi connectivity index (χ4n) is 0.795. The third-order valence-corrected chi connectivity index (χ3v) is 1.82. The van der Waals surface area contributed by atoms with Gasteiger partial charge in [0, 0.05) is 5.69 Å². The van der Waals surface area contributed by atoms with Crippen LogP contribution in [0.4, 0.5) is 10.1 Å². The van der Waals surface area contributed by atoms with Crippen LogP contribution in [0.5, 0.6) is 0 Å². The Bertz CT molecular complexity index is 330. The van der Waals surface area contributed by atoms with Gasteiger partial charge in [0.1, 0.15) is 5.82 Å². The maximum Gasteiger partial charge on any atom is 0.141 e. The molecule has 3 N–H and O–H groups in total. The first kappa shape index (κ1) is 10.2. The number of hydrogen-bond donors (Lipinski definition) is 2. The van der Waals surface area contributed by atoms with Crippen LogP contribution in [0.15, 0.2) is 18.2 Å². The molecular formula is C8H8ClFN2S. The summed E-state index contributed by atoms with van der Waals surface area (Å²) < 4.78 is 12.7. The van der Waals surface area contributed by atoms with E-state index in [9.17, 15) is 4.39 Å². The summed E-state index contributed by atoms with van der Waals surface area (Å²) in [5, 5.41) is 2.97. The minimum atomic E-state index is -0.442. The maximum absolute atomic E-state index is 12.7. The number of nitrogens with two attached hydrogens (primary N) is 1. The van der Waals surface area contributed by atoms with E-state index in [1.54, 1.807) is 6.07 Å². The van der Waals surface area contributed by atoms with Gasteiger partial charge in [0.25, 0.3) is 0 Å². The predicted molar refractivity (Wildman–Crippen MR) is 56.7 cm³/mol. The van der Waals surface area contributed by atoms with Gasteiger partial charge >= 0.3 is 0 Å². The van der Waals surface area contributed by atoms with Crippen molar-refractivity contribution in [1.29, 1.82) is 0 Å². The molecule has 0 aliphatic carbocycles. The summed E-state index contributed by atoms with van der Waals surface area (Å²) in [6.45, 7) is 0.372. The number of benzene rings is 1. The molecule has 0 aliphatic rings. The molecule has 0 aromatic heterocycles. The molecule has 2 nitrogen and oxygen atoms in total. The summed E-state index contributed by atoms with van der Waals surface area (Å²) in [4.78, 5) is 0.348. The second-order valence-electron chi connectivity index (χ2n) is 2.45. The molecule has 1 rings (SSSR count). The molecule has 0 amide bonds. The van der Waals surface area contributed by atoms with Crippen LogP contribution in [0.2, 0.25) is 5.02 Å². The lowest BCUT2D eigenvalue weighted by Crippen LogP contribution is -2.19. The quantitative estimate of drug-likeness (QED) is 0.764. The van der Waals surface area contributed by atoms with E-state index >= 15 is 0 Å². The van der Waals surface area contributed by atoms with E-state index in [4.69, 9.17) is 17.3 Å². The van der Waals surface area contributed by atoms with Crippen LogP contribution in [0.1, 0.15) is 0 Å². The minimum absolute atomic E-state index is 0.0768. The van der Waals surface area contributed by atoms with Crippen molar-refractivity contribution in [2.45, 2.75) is 0 Å². The first-order valence-corrected chi connectivity index (χ1v) is 4.35. The Kier molecular flexibility index (Phi) is 3.45. The smallest absolute Gasteiger partial charge is 0.141 e. The SMILES string of the molecule is NC(=S)CNc1ccc(F)c(Cl)c1. The van der Waals surface area contributed by atoms with E-state index in [0.717, 1.165) is 0 Å². The standard InChI is InChI=1S/C8H8ClFN2S/c9-6-3-5(1-2-7(6)10)12-4-8(11)13/h1-3,12H,4H2,(H2,11,13). The second kappa shape index (κ2) is 4.39. The highest BCUT2D eigenvalue weighted by Crippen LogP contribution is 2.18. The molecule has 1 aromatic carbocycles. The Morgan fingerprint density at radius 1 is 1.62 bits per heavy atom. The highest BCUT2D eigenvalue weighted by atomic mass is 35.5. The number of hydrogen-bond acceptors (Lipinski definition) is 2. The van der Waals surface area contributed by atoms with Gasteiger partial charge in [0.15, 0.2) is 0 Å². The number of halogens is 2. The van der Waals surface area contributed by atoms with Gasteiger partial charge in [0.05, 0.1) is 16.6 Å². The largest absolute Gasteiger partial charge is 0.392 e. The Morgan fingerprint density at radius 3 is 2.85 bits per heavy atom. The summed E-state index contributed by atoms with van der Waals surface area (Å²) in [5.74, 6) is -0.442. The molecule has 5 heteroatoms. The molecule has 0 aliphatic heterocycles. The van der Waals surface area contributed by atoms with Crippen molar-refractivity contribution >= 4 is 34.5 Å². The lowest BCUT2D eigenvalue weighted by molar-refractivity contribution is 0.628. The van der Waals surface area contributed by atoms with Gasteiger partial charge in [-0.25, -0.2) is 4.39 Å². The zero-order chi connectivity index (χ0) is 9.84. The van der Waals surface area contributed by atoms with Crippen LogP contribution in [0.25, 0.3) is 0 Å². The normalized spacial score (nSPS) is 9.69. The lowest BCUT2D eigenvalue weighted by atomic mass is 10.3. The van der Waals surface area contributed by atoms with Gasteiger partial charge in [-0.3, -0.25) is 0 Å². The highest BCUT2D eigenvalue weighted by Gasteiger charge is 1.99. The molecule has 0 saturated heterocycles. The monoisotopic (exact) mass is 218 g/mol. The first-order valence-electron chi connectivity index (χ1n) is 3.57. The summed E-state index contributed by atoms with van der Waals surface area (Å²) in [6.07, 6.45) is 0. The van der Waals surface area contributed by atoms with Crippen LogP contribution in [0.3, 0.4) is 0 Å². The van der Waals surface area contributed by atoms with E-state index in [0.29, 0.717) is 17.2 Å². The van der Waals surface area contributed by atoms with Gasteiger partial charge < -0.3 is 11.1 Å². The number of nitrogens with one attached hydrogen (secondary N) is 1. The van der Waals surface area contributed by atoms with Crippen molar-refractivity contribution in [3.05, 3.63) is 29.0 Å². The minimum Gasteiger partial charge on any atom is -0.392 e. The summed E-state index contributed by atoms with van der Waals surface area (Å²) >= 11 is 10.2. The topological polar surface area (TPSA) is 38.0 Å². The van der Waals surface area contributed by atoms with Crippen molar-refractivity contribution < 1.29 is 4.39 Å². The molecule has 1 aromatic rings. The third-order valence-electron chi connectivity index (χ3n) is 1.39. The molecule has 13 heavy (non-hydrogen) atoms. The van der Waals surface area contributed by atoms with Crippen molar-refractivity contribution in [3.63, 3.8) is 0 Å². The van der Waals surface area contributed by atoms with Crippen LogP contribution >= 0.6 is 23.8 Å². The molecule has 0 unspecified atom stereocenters. The average Bonchev–Trinajstić information content (AvgIpc) is 2.07. The molecule has 0 bridgehead atoms. The van der Waals surface area contributed by atoms with Crippen molar-refractivity contribution in [1.82, 2.24) is 0 Å². The van der Waals surface area contributed by atoms with E-state index in [1.807, 2.05) is 0 Å². The fraction of sp³-hybridized carbons (Fsp3) is 0.125. The third kappa shape index (κ3) is 3.16. The van der Waals surface area contributed by atoms with Crippen molar-refractivity contribution in [3.8, 4) is 0 Å². The van der Waals surface area contributed by atoms with E-state index in [1.165, 1.54) is 12.1 Å². The van der Waals surface area contributed by atoms with Gasteiger partial charge in [-0.05, 0) is 18.2 Å². The molecule has 0 heterocycles. The van der Waals surface area contributed by atoms with Crippen LogP contribution in [-0.2, 0) is 0 Å². The number of rotatable bonds is 3. The Hall–Kier alpha value is -0.870. The molecule has 0 radical (unpaired) electrons. The number of anilines is 1. The van der Waals surface area contributed by atoms with Crippen LogP contribution in [-0.4, -0.2) is 11.5 Å². The molecular weight excluding hydrogens is 211 g/mol. The van der Waals surface area contributed by atoms with E-state index in [-0.39, 0.29) is 5.02 Å². The van der Waals surface area contributed by atoms with Gasteiger partial charge in [0.2, 0.25) is 0 Å². The van der Waals surface area contributed by atoms with Gasteiger partial charge in [-0.2, -0.15) is 0 Å². The van der Waals surface area contributed by atoms with Gasteiger partial charge in [-0.15, -0.1) is 0 Å². The molecule has 0 spiro atoms. The Labute approximate surface area is 85.9 Å². The highest BCUT2D eigenvalue weighted by molar-refractivity contribution is 7.80. The van der Waals surface area contributed by atoms with Crippen molar-refractivity contribution in [2.24, 2.45) is 5.73 Å². The van der Waals surface area contributed by atoms with E-state index < -0.39 is 5.82 Å². The maximum atomic E-state index is 12.7.